The number of thioether (sulfide) groups is 1. The lowest BCUT2D eigenvalue weighted by Gasteiger charge is -2.32. The maximum absolute atomic E-state index is 12.0. The zero-order valence-electron chi connectivity index (χ0n) is 11.1. The van der Waals surface area contributed by atoms with Crippen LogP contribution < -0.4 is 0 Å². The zero-order chi connectivity index (χ0) is 14.4. The van der Waals surface area contributed by atoms with Crippen LogP contribution in [0, 0.1) is 0 Å². The molecular weight excluding hydrogens is 296 g/mol. The molecular formula is C14H17ClN2O2S. The predicted molar refractivity (Wildman–Crippen MR) is 81.8 cm³/mol. The number of hydrogen-bond donors (Lipinski definition) is 0. The third kappa shape index (κ3) is 4.15. The van der Waals surface area contributed by atoms with Gasteiger partial charge in [-0.15, -0.1) is 11.8 Å². The normalized spacial score (nSPS) is 15.2. The monoisotopic (exact) mass is 312 g/mol. The maximum Gasteiger partial charge on any atom is 0.232 e. The third-order valence-electron chi connectivity index (χ3n) is 3.26. The molecule has 0 atom stereocenters. The lowest BCUT2D eigenvalue weighted by Crippen LogP contribution is -2.48. The minimum absolute atomic E-state index is 0.132. The second kappa shape index (κ2) is 7.55. The summed E-state index contributed by atoms with van der Waals surface area (Å²) >= 11 is 7.64. The molecule has 0 radical (unpaired) electrons. The van der Waals surface area contributed by atoms with E-state index in [2.05, 4.69) is 0 Å². The molecule has 1 heterocycles. The molecule has 1 aliphatic rings. The molecule has 0 spiro atoms. The number of amides is 2. The van der Waals surface area contributed by atoms with Gasteiger partial charge in [0.2, 0.25) is 12.3 Å². The van der Waals surface area contributed by atoms with E-state index in [-0.39, 0.29) is 5.91 Å². The number of carbonyl (C=O) groups is 2. The third-order valence-corrected chi connectivity index (χ3v) is 4.59. The Hall–Kier alpha value is -1.20. The van der Waals surface area contributed by atoms with Crippen molar-refractivity contribution in [1.29, 1.82) is 0 Å². The molecule has 0 bridgehead atoms. The number of halogens is 1. The molecule has 1 aromatic carbocycles. The van der Waals surface area contributed by atoms with Gasteiger partial charge < -0.3 is 9.80 Å². The Morgan fingerprint density at radius 1 is 1.25 bits per heavy atom. The van der Waals surface area contributed by atoms with Crippen LogP contribution in [0.15, 0.2) is 24.3 Å². The van der Waals surface area contributed by atoms with Gasteiger partial charge in [0, 0.05) is 37.0 Å². The summed E-state index contributed by atoms with van der Waals surface area (Å²) in [7, 11) is 0. The largest absolute Gasteiger partial charge is 0.342 e. The first-order chi connectivity index (χ1) is 9.70. The summed E-state index contributed by atoms with van der Waals surface area (Å²) in [5.74, 6) is 1.32. The summed E-state index contributed by atoms with van der Waals surface area (Å²) in [4.78, 5) is 26.2. The highest BCUT2D eigenvalue weighted by molar-refractivity contribution is 7.99. The van der Waals surface area contributed by atoms with Crippen LogP contribution in [0.2, 0.25) is 5.02 Å². The molecule has 1 aromatic rings. The SMILES string of the molecule is O=CN1CCN(C(=O)CSCc2ccccc2Cl)CC1. The number of carbonyl (C=O) groups excluding carboxylic acids is 2. The maximum atomic E-state index is 12.0. The highest BCUT2D eigenvalue weighted by Gasteiger charge is 2.19. The van der Waals surface area contributed by atoms with E-state index in [1.54, 1.807) is 16.7 Å². The van der Waals surface area contributed by atoms with Crippen molar-refractivity contribution in [3.8, 4) is 0 Å². The fraction of sp³-hybridized carbons (Fsp3) is 0.429. The van der Waals surface area contributed by atoms with Gasteiger partial charge in [-0.05, 0) is 11.6 Å². The van der Waals surface area contributed by atoms with E-state index in [9.17, 15) is 9.59 Å². The van der Waals surface area contributed by atoms with Gasteiger partial charge in [-0.25, -0.2) is 0 Å². The molecule has 108 valence electrons. The van der Waals surface area contributed by atoms with Crippen LogP contribution in [0.5, 0.6) is 0 Å². The zero-order valence-corrected chi connectivity index (χ0v) is 12.7. The Morgan fingerprint density at radius 3 is 2.60 bits per heavy atom. The molecule has 6 heteroatoms. The van der Waals surface area contributed by atoms with Gasteiger partial charge in [-0.3, -0.25) is 9.59 Å². The van der Waals surface area contributed by atoms with E-state index in [0.29, 0.717) is 31.9 Å². The van der Waals surface area contributed by atoms with Crippen molar-refractivity contribution in [3.05, 3.63) is 34.9 Å². The quantitative estimate of drug-likeness (QED) is 0.779. The van der Waals surface area contributed by atoms with Gasteiger partial charge in [-0.1, -0.05) is 29.8 Å². The number of hydrogen-bond acceptors (Lipinski definition) is 3. The van der Waals surface area contributed by atoms with Crippen molar-refractivity contribution < 1.29 is 9.59 Å². The van der Waals surface area contributed by atoms with Crippen molar-refractivity contribution >= 4 is 35.7 Å². The van der Waals surface area contributed by atoms with E-state index >= 15 is 0 Å². The first-order valence-electron chi connectivity index (χ1n) is 6.49. The van der Waals surface area contributed by atoms with Gasteiger partial charge in [0.1, 0.15) is 0 Å². The molecule has 0 aromatic heterocycles. The number of benzene rings is 1. The second-order valence-electron chi connectivity index (χ2n) is 4.61. The predicted octanol–water partition coefficient (Wildman–Crippen LogP) is 1.87. The van der Waals surface area contributed by atoms with Crippen molar-refractivity contribution in [2.45, 2.75) is 5.75 Å². The molecule has 4 nitrogen and oxygen atoms in total. The van der Waals surface area contributed by atoms with Crippen molar-refractivity contribution in [1.82, 2.24) is 9.80 Å². The molecule has 1 saturated heterocycles. The molecule has 1 aliphatic heterocycles. The fourth-order valence-electron chi connectivity index (χ4n) is 2.03. The van der Waals surface area contributed by atoms with Gasteiger partial charge in [-0.2, -0.15) is 0 Å². The first-order valence-corrected chi connectivity index (χ1v) is 8.02. The van der Waals surface area contributed by atoms with E-state index < -0.39 is 0 Å². The van der Waals surface area contributed by atoms with Crippen LogP contribution in [0.4, 0.5) is 0 Å². The lowest BCUT2D eigenvalue weighted by atomic mass is 10.2. The van der Waals surface area contributed by atoms with Crippen molar-refractivity contribution in [3.63, 3.8) is 0 Å². The van der Waals surface area contributed by atoms with Crippen LogP contribution in [0.1, 0.15) is 5.56 Å². The summed E-state index contributed by atoms with van der Waals surface area (Å²) in [6.45, 7) is 2.52. The lowest BCUT2D eigenvalue weighted by molar-refractivity contribution is -0.132. The molecule has 0 aliphatic carbocycles. The van der Waals surface area contributed by atoms with Crippen LogP contribution in [-0.2, 0) is 15.3 Å². The average Bonchev–Trinajstić information content (AvgIpc) is 2.49. The molecule has 1 fully saturated rings. The summed E-state index contributed by atoms with van der Waals surface area (Å²) in [6.07, 6.45) is 0.841. The Bertz CT molecular complexity index is 476. The van der Waals surface area contributed by atoms with E-state index in [1.807, 2.05) is 29.2 Å². The molecule has 2 amide bonds. The van der Waals surface area contributed by atoms with Crippen LogP contribution in [0.3, 0.4) is 0 Å². The summed E-state index contributed by atoms with van der Waals surface area (Å²) in [6, 6.07) is 7.68. The summed E-state index contributed by atoms with van der Waals surface area (Å²) in [5, 5.41) is 0.743. The van der Waals surface area contributed by atoms with Crippen LogP contribution >= 0.6 is 23.4 Å². The first kappa shape index (κ1) is 15.2. The molecule has 0 unspecified atom stereocenters. The molecule has 2 rings (SSSR count). The average molecular weight is 313 g/mol. The smallest absolute Gasteiger partial charge is 0.232 e. The van der Waals surface area contributed by atoms with Crippen molar-refractivity contribution in [2.24, 2.45) is 0 Å². The summed E-state index contributed by atoms with van der Waals surface area (Å²) in [5.41, 5.74) is 1.05. The van der Waals surface area contributed by atoms with Gasteiger partial charge in [0.15, 0.2) is 0 Å². The van der Waals surface area contributed by atoms with Gasteiger partial charge >= 0.3 is 0 Å². The number of piperazine rings is 1. The fourth-order valence-corrected chi connectivity index (χ4v) is 3.24. The van der Waals surface area contributed by atoms with E-state index in [4.69, 9.17) is 11.6 Å². The Balaban J connectivity index is 1.73. The summed E-state index contributed by atoms with van der Waals surface area (Å²) < 4.78 is 0. The molecule has 0 saturated carbocycles. The Labute approximate surface area is 128 Å². The van der Waals surface area contributed by atoms with Gasteiger partial charge in [0.25, 0.3) is 0 Å². The topological polar surface area (TPSA) is 40.6 Å². The Kier molecular flexibility index (Phi) is 5.73. The van der Waals surface area contributed by atoms with E-state index in [0.717, 1.165) is 22.7 Å². The minimum atomic E-state index is 0.132. The van der Waals surface area contributed by atoms with E-state index in [1.165, 1.54) is 0 Å². The standard InChI is InChI=1S/C14H17ClN2O2S/c15-13-4-2-1-3-12(13)9-20-10-14(19)17-7-5-16(11-18)6-8-17/h1-4,11H,5-10H2. The highest BCUT2D eigenvalue weighted by atomic mass is 35.5. The van der Waals surface area contributed by atoms with Crippen LogP contribution in [-0.4, -0.2) is 54.0 Å². The minimum Gasteiger partial charge on any atom is -0.342 e. The second-order valence-corrected chi connectivity index (χ2v) is 6.00. The van der Waals surface area contributed by atoms with Crippen molar-refractivity contribution in [2.75, 3.05) is 31.9 Å². The van der Waals surface area contributed by atoms with Gasteiger partial charge in [0.05, 0.1) is 5.75 Å². The number of nitrogens with zero attached hydrogens (tertiary/aromatic N) is 2. The molecule has 20 heavy (non-hydrogen) atoms. The molecule has 0 N–H and O–H groups in total. The Morgan fingerprint density at radius 2 is 1.95 bits per heavy atom. The number of rotatable bonds is 5. The highest BCUT2D eigenvalue weighted by Crippen LogP contribution is 2.21. The van der Waals surface area contributed by atoms with Crippen LogP contribution in [0.25, 0.3) is 0 Å².